The molecule has 0 unspecified atom stereocenters. The van der Waals surface area contributed by atoms with Crippen molar-refractivity contribution in [2.24, 2.45) is 23.7 Å². The molecule has 0 spiro atoms. The Morgan fingerprint density at radius 2 is 1.43 bits per heavy atom. The molecule has 252 valence electrons. The molecule has 0 aromatic heterocycles. The molecule has 2 heterocycles. The van der Waals surface area contributed by atoms with E-state index in [1.165, 1.54) is 9.80 Å². The van der Waals surface area contributed by atoms with Gasteiger partial charge in [0.25, 0.3) is 0 Å². The van der Waals surface area contributed by atoms with Crippen molar-refractivity contribution in [3.63, 3.8) is 0 Å². The van der Waals surface area contributed by atoms with Crippen LogP contribution < -0.4 is 9.80 Å². The van der Waals surface area contributed by atoms with Gasteiger partial charge in [-0.15, -0.1) is 0 Å². The van der Waals surface area contributed by atoms with Crippen LogP contribution in [0.4, 0.5) is 11.4 Å². The smallest absolute Gasteiger partial charge is 0.246 e. The molecule has 9 heteroatoms. The Labute approximate surface area is 312 Å². The molecule has 5 aromatic carbocycles. The Kier molecular flexibility index (Phi) is 7.49. The lowest BCUT2D eigenvalue weighted by Gasteiger charge is -2.51. The van der Waals surface area contributed by atoms with Gasteiger partial charge in [-0.2, -0.15) is 0 Å². The summed E-state index contributed by atoms with van der Waals surface area (Å²) < 4.78 is 0.985. The van der Waals surface area contributed by atoms with E-state index in [1.54, 1.807) is 42.5 Å². The third kappa shape index (κ3) is 4.55. The number of hydrogen-bond donors (Lipinski definition) is 1. The minimum Gasteiger partial charge on any atom is -0.507 e. The SMILES string of the molecule is O=C1[C@H]2[C@H](CC=C3[C@H]2C[C@H]2C(=O)N(c4cccc(Cl)c4)C(=O)[C@@]2(c2ccccc2)[C@H]3c2ccc(O)c3ccccc23)C(=O)N1c1ccc(I)cc1. The Morgan fingerprint density at radius 3 is 2.18 bits per heavy atom. The van der Waals surface area contributed by atoms with Crippen LogP contribution in [0.2, 0.25) is 5.02 Å². The van der Waals surface area contributed by atoms with Crippen molar-refractivity contribution in [3.8, 4) is 5.75 Å². The summed E-state index contributed by atoms with van der Waals surface area (Å²) in [6.07, 6.45) is 2.58. The van der Waals surface area contributed by atoms with Gasteiger partial charge >= 0.3 is 0 Å². The number of nitrogens with zero attached hydrogens (tertiary/aromatic N) is 2. The standard InChI is InChI=1S/C42H30ClIN2O5/c43-24-9-6-10-27(21-24)46-39(49)34-22-33-31(17-18-32-36(33)40(50)45(38(32)48)26-15-13-25(44)14-16-26)37(42(34,41(46)51)23-7-2-1-3-8-23)30-19-20-35(47)29-12-5-4-11-28(29)30/h1-17,19-21,32-34,36-37,47H,18,22H2/t32-,33+,34-,36-,37-,42+/m0/s1. The molecule has 1 N–H and O–H groups in total. The molecule has 5 aromatic rings. The number of fused-ring (bicyclic) bond motifs is 5. The van der Waals surface area contributed by atoms with Crippen molar-refractivity contribution >= 4 is 80.0 Å². The number of allylic oxidation sites excluding steroid dienone is 2. The third-order valence-corrected chi connectivity index (χ3v) is 12.5. The summed E-state index contributed by atoms with van der Waals surface area (Å²) in [5.74, 6) is -4.55. The van der Waals surface area contributed by atoms with Crippen molar-refractivity contribution < 1.29 is 24.3 Å². The minimum atomic E-state index is -1.41. The largest absolute Gasteiger partial charge is 0.507 e. The number of aromatic hydroxyl groups is 1. The molecule has 7 nitrogen and oxygen atoms in total. The Morgan fingerprint density at radius 1 is 0.706 bits per heavy atom. The molecular weight excluding hydrogens is 775 g/mol. The first kappa shape index (κ1) is 32.1. The number of phenolic OH excluding ortho intramolecular Hbond substituents is 1. The molecule has 2 saturated heterocycles. The zero-order valence-corrected chi connectivity index (χ0v) is 30.0. The van der Waals surface area contributed by atoms with E-state index in [4.69, 9.17) is 11.6 Å². The summed E-state index contributed by atoms with van der Waals surface area (Å²) >= 11 is 8.63. The first-order valence-corrected chi connectivity index (χ1v) is 18.4. The van der Waals surface area contributed by atoms with Crippen molar-refractivity contribution in [2.75, 3.05) is 9.80 Å². The molecule has 1 saturated carbocycles. The quantitative estimate of drug-likeness (QED) is 0.112. The zero-order chi connectivity index (χ0) is 35.2. The highest BCUT2D eigenvalue weighted by atomic mass is 127. The van der Waals surface area contributed by atoms with Gasteiger partial charge in [-0.05, 0) is 106 Å². The second-order valence-corrected chi connectivity index (χ2v) is 15.5. The van der Waals surface area contributed by atoms with Gasteiger partial charge in [0.1, 0.15) is 5.75 Å². The molecule has 0 radical (unpaired) electrons. The van der Waals surface area contributed by atoms with Crippen molar-refractivity contribution in [1.29, 1.82) is 0 Å². The molecule has 9 rings (SSSR count). The number of imide groups is 2. The molecule has 0 bridgehead atoms. The van der Waals surface area contributed by atoms with Gasteiger partial charge < -0.3 is 5.11 Å². The van der Waals surface area contributed by atoms with Crippen molar-refractivity contribution in [1.82, 2.24) is 0 Å². The average Bonchev–Trinajstić information content (AvgIpc) is 3.53. The number of anilines is 2. The third-order valence-electron chi connectivity index (χ3n) is 11.5. The topological polar surface area (TPSA) is 95.0 Å². The van der Waals surface area contributed by atoms with Crippen molar-refractivity contribution in [2.45, 2.75) is 24.2 Å². The first-order chi connectivity index (χ1) is 24.7. The first-order valence-electron chi connectivity index (χ1n) is 16.9. The highest BCUT2D eigenvalue weighted by Crippen LogP contribution is 2.65. The normalized spacial score (nSPS) is 27.0. The summed E-state index contributed by atoms with van der Waals surface area (Å²) in [6, 6.07) is 34.5. The number of rotatable bonds is 4. The number of carbonyl (C=O) groups is 4. The molecular formula is C42H30ClIN2O5. The van der Waals surface area contributed by atoms with E-state index < -0.39 is 35.0 Å². The Hall–Kier alpha value is -4.80. The zero-order valence-electron chi connectivity index (χ0n) is 27.1. The summed E-state index contributed by atoms with van der Waals surface area (Å²) in [5.41, 5.74) is 1.83. The van der Waals surface area contributed by atoms with Crippen LogP contribution in [0.5, 0.6) is 5.75 Å². The predicted molar refractivity (Wildman–Crippen MR) is 203 cm³/mol. The molecule has 51 heavy (non-hydrogen) atoms. The lowest BCUT2D eigenvalue weighted by molar-refractivity contribution is -0.127. The molecule has 3 fully saturated rings. The minimum absolute atomic E-state index is 0.101. The summed E-state index contributed by atoms with van der Waals surface area (Å²) in [7, 11) is 0. The van der Waals surface area contributed by atoms with Gasteiger partial charge in [0.2, 0.25) is 23.6 Å². The number of phenols is 1. The molecule has 4 amide bonds. The Bertz CT molecular complexity index is 2340. The van der Waals surface area contributed by atoms with Gasteiger partial charge in [0.15, 0.2) is 0 Å². The van der Waals surface area contributed by atoms with Crippen LogP contribution in [-0.2, 0) is 24.6 Å². The summed E-state index contributed by atoms with van der Waals surface area (Å²) in [6.45, 7) is 0. The van der Waals surface area contributed by atoms with E-state index in [-0.39, 0.29) is 35.8 Å². The number of carbonyl (C=O) groups excluding carboxylic acids is 4. The number of benzene rings is 5. The molecule has 2 aliphatic carbocycles. The van der Waals surface area contributed by atoms with E-state index >= 15 is 9.59 Å². The van der Waals surface area contributed by atoms with Crippen LogP contribution >= 0.6 is 34.2 Å². The lowest BCUT2D eigenvalue weighted by Crippen LogP contribution is -2.53. The number of halogens is 2. The number of amides is 4. The Balaban J connectivity index is 1.30. The van der Waals surface area contributed by atoms with Crippen molar-refractivity contribution in [3.05, 3.63) is 147 Å². The second-order valence-electron chi connectivity index (χ2n) is 13.8. The van der Waals surface area contributed by atoms with Gasteiger partial charge in [-0.3, -0.25) is 24.1 Å². The maximum absolute atomic E-state index is 15.5. The molecule has 2 aliphatic heterocycles. The second kappa shape index (κ2) is 11.9. The maximum atomic E-state index is 15.5. The monoisotopic (exact) mass is 804 g/mol. The van der Waals surface area contributed by atoms with E-state index in [0.29, 0.717) is 33.8 Å². The van der Waals surface area contributed by atoms with Crippen LogP contribution in [0, 0.1) is 27.2 Å². The highest BCUT2D eigenvalue weighted by Gasteiger charge is 2.70. The summed E-state index contributed by atoms with van der Waals surface area (Å²) in [4.78, 5) is 61.7. The summed E-state index contributed by atoms with van der Waals surface area (Å²) in [5, 5.41) is 12.8. The maximum Gasteiger partial charge on any atom is 0.246 e. The van der Waals surface area contributed by atoms with Crippen LogP contribution in [0.1, 0.15) is 29.9 Å². The average molecular weight is 805 g/mol. The highest BCUT2D eigenvalue weighted by molar-refractivity contribution is 14.1. The van der Waals surface area contributed by atoms with Gasteiger partial charge in [-0.1, -0.05) is 90.0 Å². The van der Waals surface area contributed by atoms with E-state index in [0.717, 1.165) is 20.1 Å². The van der Waals surface area contributed by atoms with E-state index in [9.17, 15) is 14.7 Å². The lowest BCUT2D eigenvalue weighted by atomic mass is 9.49. The van der Waals surface area contributed by atoms with E-state index in [2.05, 4.69) is 28.7 Å². The van der Waals surface area contributed by atoms with Gasteiger partial charge in [-0.25, -0.2) is 4.90 Å². The van der Waals surface area contributed by atoms with Crippen LogP contribution in [0.25, 0.3) is 10.8 Å². The van der Waals surface area contributed by atoms with Crippen LogP contribution in [0.15, 0.2) is 127 Å². The molecule has 6 atom stereocenters. The van der Waals surface area contributed by atoms with Crippen LogP contribution in [-0.4, -0.2) is 28.7 Å². The van der Waals surface area contributed by atoms with Gasteiger partial charge in [0.05, 0.1) is 34.5 Å². The fourth-order valence-electron chi connectivity index (χ4n) is 9.49. The number of hydrogen-bond acceptors (Lipinski definition) is 5. The fraction of sp³-hybridized carbons (Fsp3) is 0.190. The fourth-order valence-corrected chi connectivity index (χ4v) is 10.0. The van der Waals surface area contributed by atoms with E-state index in [1.807, 2.05) is 72.8 Å². The molecule has 4 aliphatic rings. The van der Waals surface area contributed by atoms with Crippen LogP contribution in [0.3, 0.4) is 0 Å². The predicted octanol–water partition coefficient (Wildman–Crippen LogP) is 8.17. The van der Waals surface area contributed by atoms with Gasteiger partial charge in [0, 0.05) is 19.9 Å².